The molecular weight excluding hydrogens is 270 g/mol. The van der Waals surface area contributed by atoms with Crippen LogP contribution in [0.4, 0.5) is 4.79 Å². The smallest absolute Gasteiger partial charge is 0.411 e. The monoisotopic (exact) mass is 289 g/mol. The molecule has 0 heterocycles. The summed E-state index contributed by atoms with van der Waals surface area (Å²) in [5.41, 5.74) is 0.903. The van der Waals surface area contributed by atoms with E-state index in [4.69, 9.17) is 4.74 Å². The second-order valence-corrected chi connectivity index (χ2v) is 5.80. The molecule has 0 spiro atoms. The van der Waals surface area contributed by atoms with Gasteiger partial charge >= 0.3 is 12.1 Å². The first-order valence-corrected chi connectivity index (χ1v) is 7.38. The summed E-state index contributed by atoms with van der Waals surface area (Å²) < 4.78 is 5.32. The highest BCUT2D eigenvalue weighted by atomic mass is 16.6. The third-order valence-electron chi connectivity index (χ3n) is 3.98. The topological polar surface area (TPSA) is 66.8 Å². The van der Waals surface area contributed by atoms with Gasteiger partial charge < -0.3 is 9.84 Å². The van der Waals surface area contributed by atoms with E-state index >= 15 is 0 Å². The molecule has 1 N–H and O–H groups in total. The number of hydrogen-bond donors (Lipinski definition) is 1. The average molecular weight is 289 g/mol. The lowest BCUT2D eigenvalue weighted by atomic mass is 10.1. The van der Waals surface area contributed by atoms with Gasteiger partial charge in [-0.25, -0.2) is 9.59 Å². The minimum Gasteiger partial charge on any atom is -0.480 e. The fourth-order valence-electron chi connectivity index (χ4n) is 2.60. The number of benzene rings is 1. The summed E-state index contributed by atoms with van der Waals surface area (Å²) in [4.78, 5) is 25.3. The van der Waals surface area contributed by atoms with Crippen LogP contribution in [0, 0.1) is 5.92 Å². The maximum absolute atomic E-state index is 12.3. The van der Waals surface area contributed by atoms with Crippen molar-refractivity contribution in [1.29, 1.82) is 0 Å². The van der Waals surface area contributed by atoms with Gasteiger partial charge in [0.15, 0.2) is 0 Å². The third-order valence-corrected chi connectivity index (χ3v) is 3.98. The molecule has 5 heteroatoms. The maximum atomic E-state index is 12.3. The quantitative estimate of drug-likeness (QED) is 0.874. The number of carbonyl (C=O) groups excluding carboxylic acids is 1. The number of ether oxygens (including phenoxy) is 1. The zero-order chi connectivity index (χ0) is 14.8. The molecule has 0 saturated heterocycles. The molecule has 0 aromatic heterocycles. The van der Waals surface area contributed by atoms with Gasteiger partial charge in [0.25, 0.3) is 0 Å². The number of carbonyl (C=O) groups is 2. The highest BCUT2D eigenvalue weighted by Crippen LogP contribution is 2.40. The van der Waals surface area contributed by atoms with Crippen molar-refractivity contribution in [3.63, 3.8) is 0 Å². The fourth-order valence-corrected chi connectivity index (χ4v) is 2.60. The zero-order valence-corrected chi connectivity index (χ0v) is 11.8. The van der Waals surface area contributed by atoms with Crippen molar-refractivity contribution >= 4 is 12.1 Å². The number of hydrogen-bond acceptors (Lipinski definition) is 3. The summed E-state index contributed by atoms with van der Waals surface area (Å²) in [6.45, 7) is 0.180. The Balaban J connectivity index is 1.66. The number of carboxylic acids is 1. The Morgan fingerprint density at radius 2 is 1.86 bits per heavy atom. The van der Waals surface area contributed by atoms with Gasteiger partial charge in [-0.05, 0) is 37.2 Å². The summed E-state index contributed by atoms with van der Waals surface area (Å²) in [6, 6.07) is 8.73. The van der Waals surface area contributed by atoms with Crippen LogP contribution < -0.4 is 0 Å². The standard InChI is InChI=1S/C16H19NO4/c18-15(19)14(12-6-7-12)17(13-8-9-13)16(20)21-10-11-4-2-1-3-5-11/h1-5,12-14H,6-10H2,(H,18,19). The molecule has 5 nitrogen and oxygen atoms in total. The number of aliphatic carboxylic acids is 1. The molecule has 1 atom stereocenters. The Hall–Kier alpha value is -2.04. The molecule has 0 bridgehead atoms. The highest BCUT2D eigenvalue weighted by molar-refractivity contribution is 5.81. The van der Waals surface area contributed by atoms with Crippen LogP contribution in [0.15, 0.2) is 30.3 Å². The molecule has 0 aliphatic heterocycles. The van der Waals surface area contributed by atoms with E-state index in [1.807, 2.05) is 30.3 Å². The zero-order valence-electron chi connectivity index (χ0n) is 11.8. The van der Waals surface area contributed by atoms with Gasteiger partial charge in [-0.3, -0.25) is 4.90 Å². The first-order chi connectivity index (χ1) is 10.2. The number of carboxylic acid groups (broad SMARTS) is 1. The molecule has 2 aliphatic carbocycles. The van der Waals surface area contributed by atoms with E-state index in [1.54, 1.807) is 0 Å². The van der Waals surface area contributed by atoms with Gasteiger partial charge in [0.1, 0.15) is 12.6 Å². The lowest BCUT2D eigenvalue weighted by Crippen LogP contribution is -2.48. The van der Waals surface area contributed by atoms with Crippen LogP contribution in [0.1, 0.15) is 31.2 Å². The predicted octanol–water partition coefficient (Wildman–Crippen LogP) is 2.65. The number of rotatable bonds is 6. The van der Waals surface area contributed by atoms with Crippen molar-refractivity contribution in [1.82, 2.24) is 4.90 Å². The van der Waals surface area contributed by atoms with Gasteiger partial charge in [-0.2, -0.15) is 0 Å². The molecule has 2 saturated carbocycles. The normalized spacial score (nSPS) is 18.9. The lowest BCUT2D eigenvalue weighted by molar-refractivity contribution is -0.143. The first kappa shape index (κ1) is 13.9. The second kappa shape index (κ2) is 5.76. The second-order valence-electron chi connectivity index (χ2n) is 5.80. The summed E-state index contributed by atoms with van der Waals surface area (Å²) in [5, 5.41) is 9.42. The van der Waals surface area contributed by atoms with Crippen LogP contribution in [0.3, 0.4) is 0 Å². The van der Waals surface area contributed by atoms with Gasteiger partial charge in [0.05, 0.1) is 0 Å². The largest absolute Gasteiger partial charge is 0.480 e. The molecule has 0 radical (unpaired) electrons. The van der Waals surface area contributed by atoms with Gasteiger partial charge in [0, 0.05) is 6.04 Å². The minimum atomic E-state index is -0.916. The Labute approximate surface area is 123 Å². The van der Waals surface area contributed by atoms with Gasteiger partial charge in [0.2, 0.25) is 0 Å². The Kier molecular flexibility index (Phi) is 3.82. The molecule has 3 rings (SSSR count). The number of amides is 1. The van der Waals surface area contributed by atoms with Crippen molar-refractivity contribution in [3.05, 3.63) is 35.9 Å². The Morgan fingerprint density at radius 1 is 1.19 bits per heavy atom. The van der Waals surface area contributed by atoms with Crippen molar-refractivity contribution in [2.24, 2.45) is 5.92 Å². The van der Waals surface area contributed by atoms with Gasteiger partial charge in [-0.15, -0.1) is 0 Å². The summed E-state index contributed by atoms with van der Waals surface area (Å²) in [6.07, 6.45) is 3.01. The van der Waals surface area contributed by atoms with E-state index in [9.17, 15) is 14.7 Å². The minimum absolute atomic E-state index is 0.0370. The summed E-state index contributed by atoms with van der Waals surface area (Å²) in [5.74, 6) is -0.826. The van der Waals surface area contributed by atoms with Crippen LogP contribution in [-0.4, -0.2) is 34.2 Å². The van der Waals surface area contributed by atoms with E-state index in [0.29, 0.717) is 0 Å². The molecule has 1 amide bonds. The molecule has 2 aliphatic rings. The molecule has 112 valence electrons. The maximum Gasteiger partial charge on any atom is 0.411 e. The van der Waals surface area contributed by atoms with E-state index in [1.165, 1.54) is 4.90 Å². The third kappa shape index (κ3) is 3.35. The van der Waals surface area contributed by atoms with E-state index in [0.717, 1.165) is 31.2 Å². The molecular formula is C16H19NO4. The van der Waals surface area contributed by atoms with Crippen LogP contribution in [0.5, 0.6) is 0 Å². The van der Waals surface area contributed by atoms with E-state index in [-0.39, 0.29) is 18.6 Å². The molecule has 2 fully saturated rings. The highest BCUT2D eigenvalue weighted by Gasteiger charge is 2.48. The van der Waals surface area contributed by atoms with Crippen molar-refractivity contribution in [2.75, 3.05) is 0 Å². The summed E-state index contributed by atoms with van der Waals surface area (Å²) in [7, 11) is 0. The molecule has 1 aromatic carbocycles. The summed E-state index contributed by atoms with van der Waals surface area (Å²) >= 11 is 0. The van der Waals surface area contributed by atoms with Crippen LogP contribution in [0.2, 0.25) is 0 Å². The van der Waals surface area contributed by atoms with Gasteiger partial charge in [-0.1, -0.05) is 30.3 Å². The predicted molar refractivity (Wildman–Crippen MR) is 75.6 cm³/mol. The SMILES string of the molecule is O=C(O)C(C1CC1)N(C(=O)OCc1ccccc1)C1CC1. The first-order valence-electron chi connectivity index (χ1n) is 7.38. The van der Waals surface area contributed by atoms with E-state index < -0.39 is 18.1 Å². The molecule has 1 unspecified atom stereocenters. The van der Waals surface area contributed by atoms with Crippen LogP contribution in [0.25, 0.3) is 0 Å². The van der Waals surface area contributed by atoms with Crippen molar-refractivity contribution in [3.8, 4) is 0 Å². The lowest BCUT2D eigenvalue weighted by Gasteiger charge is -2.28. The van der Waals surface area contributed by atoms with Crippen molar-refractivity contribution < 1.29 is 19.4 Å². The molecule has 1 aromatic rings. The average Bonchev–Trinajstić information content (AvgIpc) is 3.36. The fraction of sp³-hybridized carbons (Fsp3) is 0.500. The Morgan fingerprint density at radius 3 is 2.38 bits per heavy atom. The van der Waals surface area contributed by atoms with Crippen LogP contribution >= 0.6 is 0 Å². The van der Waals surface area contributed by atoms with E-state index in [2.05, 4.69) is 0 Å². The van der Waals surface area contributed by atoms with Crippen molar-refractivity contribution in [2.45, 2.75) is 44.4 Å². The van der Waals surface area contributed by atoms with Crippen LogP contribution in [-0.2, 0) is 16.1 Å². The Bertz CT molecular complexity index is 522. The molecule has 21 heavy (non-hydrogen) atoms. The number of nitrogens with zero attached hydrogens (tertiary/aromatic N) is 1.